The molecule has 3 aromatic carbocycles. The highest BCUT2D eigenvalue weighted by atomic mass is 16.7. The van der Waals surface area contributed by atoms with Gasteiger partial charge in [0.25, 0.3) is 6.29 Å². The first-order chi connectivity index (χ1) is 13.2. The fraction of sp³-hybridized carbons (Fsp3) is 0.0435. The normalized spacial score (nSPS) is 10.7. The molecule has 0 fully saturated rings. The minimum Gasteiger partial charge on any atom is -0.418 e. The maximum absolute atomic E-state index is 12.3. The summed E-state index contributed by atoms with van der Waals surface area (Å²) in [6.45, 7) is 0. The monoisotopic (exact) mass is 358 g/mol. The van der Waals surface area contributed by atoms with E-state index in [9.17, 15) is 9.59 Å². The van der Waals surface area contributed by atoms with Gasteiger partial charge in [0, 0.05) is 0 Å². The van der Waals surface area contributed by atoms with Gasteiger partial charge in [0.05, 0.1) is 11.1 Å². The molecule has 0 aliphatic heterocycles. The molecule has 3 rings (SSSR count). The zero-order valence-corrected chi connectivity index (χ0v) is 14.5. The van der Waals surface area contributed by atoms with E-state index < -0.39 is 18.2 Å². The third-order valence-corrected chi connectivity index (χ3v) is 3.71. The maximum Gasteiger partial charge on any atom is 0.341 e. The quantitative estimate of drug-likeness (QED) is 0.472. The SMILES string of the molecule is O=C(OC(/C=C/c1ccccc1)OC(=O)c1ccccc1)c1ccccc1. The van der Waals surface area contributed by atoms with E-state index >= 15 is 0 Å². The van der Waals surface area contributed by atoms with Crippen molar-refractivity contribution >= 4 is 18.0 Å². The van der Waals surface area contributed by atoms with Gasteiger partial charge in [-0.15, -0.1) is 0 Å². The van der Waals surface area contributed by atoms with Gasteiger partial charge < -0.3 is 9.47 Å². The highest BCUT2D eigenvalue weighted by Crippen LogP contribution is 2.11. The van der Waals surface area contributed by atoms with Crippen LogP contribution in [-0.4, -0.2) is 18.2 Å². The molecule has 0 aromatic heterocycles. The van der Waals surface area contributed by atoms with E-state index in [-0.39, 0.29) is 0 Å². The van der Waals surface area contributed by atoms with E-state index in [1.165, 1.54) is 6.08 Å². The number of esters is 2. The van der Waals surface area contributed by atoms with Crippen molar-refractivity contribution in [2.45, 2.75) is 6.29 Å². The van der Waals surface area contributed by atoms with Gasteiger partial charge in [-0.1, -0.05) is 72.8 Å². The topological polar surface area (TPSA) is 52.6 Å². The first-order valence-electron chi connectivity index (χ1n) is 8.48. The molecule has 0 atom stereocenters. The van der Waals surface area contributed by atoms with Crippen molar-refractivity contribution < 1.29 is 19.1 Å². The number of benzene rings is 3. The average Bonchev–Trinajstić information content (AvgIpc) is 2.74. The summed E-state index contributed by atoms with van der Waals surface area (Å²) in [5.41, 5.74) is 1.66. The summed E-state index contributed by atoms with van der Waals surface area (Å²) >= 11 is 0. The Bertz CT molecular complexity index is 849. The second kappa shape index (κ2) is 9.15. The maximum atomic E-state index is 12.3. The number of ether oxygens (including phenoxy) is 2. The zero-order valence-electron chi connectivity index (χ0n) is 14.5. The molecular weight excluding hydrogens is 340 g/mol. The van der Waals surface area contributed by atoms with Crippen LogP contribution >= 0.6 is 0 Å². The van der Waals surface area contributed by atoms with Crippen LogP contribution in [0, 0.1) is 0 Å². The summed E-state index contributed by atoms with van der Waals surface area (Å²) in [6, 6.07) is 26.6. The average molecular weight is 358 g/mol. The van der Waals surface area contributed by atoms with Crippen LogP contribution in [0.25, 0.3) is 6.08 Å². The van der Waals surface area contributed by atoms with Crippen LogP contribution in [0.3, 0.4) is 0 Å². The summed E-state index contributed by atoms with van der Waals surface area (Å²) in [5, 5.41) is 0. The van der Waals surface area contributed by atoms with E-state index in [2.05, 4.69) is 0 Å². The minimum absolute atomic E-state index is 0.381. The van der Waals surface area contributed by atoms with Gasteiger partial charge in [-0.2, -0.15) is 0 Å². The van der Waals surface area contributed by atoms with E-state index in [0.717, 1.165) is 5.56 Å². The Morgan fingerprint density at radius 2 is 1.04 bits per heavy atom. The van der Waals surface area contributed by atoms with Crippen molar-refractivity contribution in [2.75, 3.05) is 0 Å². The molecule has 0 spiro atoms. The lowest BCUT2D eigenvalue weighted by molar-refractivity contribution is -0.0540. The van der Waals surface area contributed by atoms with Gasteiger partial charge in [0.15, 0.2) is 0 Å². The molecule has 0 saturated carbocycles. The lowest BCUT2D eigenvalue weighted by atomic mass is 10.2. The molecule has 0 aliphatic rings. The second-order valence-corrected chi connectivity index (χ2v) is 5.68. The molecule has 0 bridgehead atoms. The van der Waals surface area contributed by atoms with Crippen LogP contribution in [-0.2, 0) is 9.47 Å². The summed E-state index contributed by atoms with van der Waals surface area (Å²) in [5.74, 6) is -1.14. The Labute approximate surface area is 157 Å². The summed E-state index contributed by atoms with van der Waals surface area (Å²) in [4.78, 5) is 24.7. The minimum atomic E-state index is -1.15. The molecule has 0 aliphatic carbocycles. The molecule has 0 N–H and O–H groups in total. The first-order valence-corrected chi connectivity index (χ1v) is 8.48. The Kier molecular flexibility index (Phi) is 6.15. The zero-order chi connectivity index (χ0) is 18.9. The molecule has 27 heavy (non-hydrogen) atoms. The second-order valence-electron chi connectivity index (χ2n) is 5.68. The number of hydrogen-bond acceptors (Lipinski definition) is 4. The van der Waals surface area contributed by atoms with E-state index in [4.69, 9.17) is 9.47 Å². The van der Waals surface area contributed by atoms with Gasteiger partial charge in [0.2, 0.25) is 0 Å². The molecule has 3 aromatic rings. The van der Waals surface area contributed by atoms with Gasteiger partial charge >= 0.3 is 11.9 Å². The van der Waals surface area contributed by atoms with Crippen LogP contribution in [0.1, 0.15) is 26.3 Å². The first kappa shape index (κ1) is 18.1. The van der Waals surface area contributed by atoms with E-state index in [1.807, 2.05) is 30.3 Å². The van der Waals surface area contributed by atoms with Gasteiger partial charge in [-0.05, 0) is 35.9 Å². The van der Waals surface area contributed by atoms with Crippen molar-refractivity contribution in [2.24, 2.45) is 0 Å². The highest BCUT2D eigenvalue weighted by molar-refractivity contribution is 5.91. The number of hydrogen-bond donors (Lipinski definition) is 0. The molecular formula is C23H18O4. The lowest BCUT2D eigenvalue weighted by Crippen LogP contribution is -2.23. The summed E-state index contributed by atoms with van der Waals surface area (Å²) in [6.07, 6.45) is 2.13. The number of rotatable bonds is 6. The fourth-order valence-electron chi connectivity index (χ4n) is 2.35. The largest absolute Gasteiger partial charge is 0.418 e. The van der Waals surface area contributed by atoms with Crippen molar-refractivity contribution in [3.8, 4) is 0 Å². The van der Waals surface area contributed by atoms with Gasteiger partial charge in [0.1, 0.15) is 0 Å². The standard InChI is InChI=1S/C23H18O4/c24-22(19-12-6-2-7-13-19)26-21(17-16-18-10-4-1-5-11-18)27-23(25)20-14-8-3-9-15-20/h1-17,21H/b17-16+. The van der Waals surface area contributed by atoms with E-state index in [1.54, 1.807) is 66.7 Å². The fourth-order valence-corrected chi connectivity index (χ4v) is 2.35. The molecule has 0 unspecified atom stereocenters. The van der Waals surface area contributed by atoms with Crippen LogP contribution in [0.15, 0.2) is 97.1 Å². The van der Waals surface area contributed by atoms with Gasteiger partial charge in [-0.25, -0.2) is 9.59 Å². The molecule has 0 radical (unpaired) electrons. The Balaban J connectivity index is 1.76. The van der Waals surface area contributed by atoms with Crippen LogP contribution in [0.5, 0.6) is 0 Å². The van der Waals surface area contributed by atoms with Crippen molar-refractivity contribution in [1.82, 2.24) is 0 Å². The molecule has 134 valence electrons. The Hall–Kier alpha value is -3.66. The molecule has 4 nitrogen and oxygen atoms in total. The smallest absolute Gasteiger partial charge is 0.341 e. The van der Waals surface area contributed by atoms with Crippen molar-refractivity contribution in [3.63, 3.8) is 0 Å². The predicted octanol–water partition coefficient (Wildman–Crippen LogP) is 4.74. The van der Waals surface area contributed by atoms with E-state index in [0.29, 0.717) is 11.1 Å². The van der Waals surface area contributed by atoms with Crippen LogP contribution < -0.4 is 0 Å². The predicted molar refractivity (Wildman–Crippen MR) is 103 cm³/mol. The Morgan fingerprint density at radius 3 is 1.48 bits per heavy atom. The summed E-state index contributed by atoms with van der Waals surface area (Å²) in [7, 11) is 0. The molecule has 0 heterocycles. The lowest BCUT2D eigenvalue weighted by Gasteiger charge is -2.15. The third-order valence-electron chi connectivity index (χ3n) is 3.71. The van der Waals surface area contributed by atoms with Crippen molar-refractivity contribution in [1.29, 1.82) is 0 Å². The number of carbonyl (C=O) groups excluding carboxylic acids is 2. The third kappa shape index (κ3) is 5.41. The highest BCUT2D eigenvalue weighted by Gasteiger charge is 2.18. The summed E-state index contributed by atoms with van der Waals surface area (Å²) < 4.78 is 10.8. The molecule has 0 amide bonds. The van der Waals surface area contributed by atoms with Crippen LogP contribution in [0.4, 0.5) is 0 Å². The molecule has 0 saturated heterocycles. The molecule has 4 heteroatoms. The number of carbonyl (C=O) groups is 2. The van der Waals surface area contributed by atoms with Crippen LogP contribution in [0.2, 0.25) is 0 Å². The van der Waals surface area contributed by atoms with Gasteiger partial charge in [-0.3, -0.25) is 0 Å². The van der Waals surface area contributed by atoms with Crippen molar-refractivity contribution in [3.05, 3.63) is 114 Å². The Morgan fingerprint density at radius 1 is 0.630 bits per heavy atom.